The van der Waals surface area contributed by atoms with Crippen LogP contribution in [-0.2, 0) is 4.79 Å². The molecule has 6 heteroatoms. The van der Waals surface area contributed by atoms with Crippen molar-refractivity contribution in [2.24, 2.45) is 5.92 Å². The summed E-state index contributed by atoms with van der Waals surface area (Å²) in [6.07, 6.45) is 3.88. The molecule has 19 heavy (non-hydrogen) atoms. The van der Waals surface area contributed by atoms with Gasteiger partial charge in [-0.2, -0.15) is 0 Å². The van der Waals surface area contributed by atoms with E-state index in [9.17, 15) is 9.59 Å². The third-order valence-electron chi connectivity index (χ3n) is 2.97. The maximum Gasteiger partial charge on any atom is 0.306 e. The van der Waals surface area contributed by atoms with Gasteiger partial charge in [-0.1, -0.05) is 13.3 Å². The number of halogens is 1. The summed E-state index contributed by atoms with van der Waals surface area (Å²) in [6.45, 7) is 3.61. The van der Waals surface area contributed by atoms with Crippen LogP contribution in [0, 0.1) is 5.92 Å². The van der Waals surface area contributed by atoms with E-state index in [1.165, 1.54) is 0 Å². The average Bonchev–Trinajstić information content (AvgIpc) is 2.75. The number of hydrogen-bond donors (Lipinski definition) is 3. The van der Waals surface area contributed by atoms with Crippen LogP contribution < -0.4 is 5.32 Å². The molecule has 0 saturated heterocycles. The van der Waals surface area contributed by atoms with Gasteiger partial charge in [-0.15, -0.1) is 0 Å². The second kappa shape index (κ2) is 7.33. The fourth-order valence-electron chi connectivity index (χ4n) is 1.73. The van der Waals surface area contributed by atoms with Crippen molar-refractivity contribution < 1.29 is 14.7 Å². The van der Waals surface area contributed by atoms with E-state index in [4.69, 9.17) is 5.11 Å². The minimum absolute atomic E-state index is 0.0237. The zero-order valence-electron chi connectivity index (χ0n) is 11.1. The number of hydrogen-bond acceptors (Lipinski definition) is 2. The lowest BCUT2D eigenvalue weighted by atomic mass is 10.0. The number of aromatic nitrogens is 1. The number of nitrogens with one attached hydrogen (secondary N) is 2. The smallest absolute Gasteiger partial charge is 0.306 e. The normalized spacial score (nSPS) is 13.8. The van der Waals surface area contributed by atoms with E-state index in [0.29, 0.717) is 12.1 Å². The SMILES string of the molecule is CC(CCCC(C)C(=O)O)NC(=O)c1cc(Br)c[nH]1. The number of rotatable bonds is 7. The molecule has 0 fully saturated rings. The Morgan fingerprint density at radius 2 is 2.11 bits per heavy atom. The Hall–Kier alpha value is -1.30. The van der Waals surface area contributed by atoms with Crippen LogP contribution in [-0.4, -0.2) is 28.0 Å². The Labute approximate surface area is 120 Å². The Bertz CT molecular complexity index is 445. The largest absolute Gasteiger partial charge is 0.481 e. The zero-order chi connectivity index (χ0) is 14.4. The number of carboxylic acid groups (broad SMARTS) is 1. The fourth-order valence-corrected chi connectivity index (χ4v) is 2.07. The van der Waals surface area contributed by atoms with E-state index in [-0.39, 0.29) is 17.9 Å². The first kappa shape index (κ1) is 15.8. The molecule has 1 rings (SSSR count). The molecule has 0 radical (unpaired) electrons. The van der Waals surface area contributed by atoms with Gasteiger partial charge < -0.3 is 15.4 Å². The van der Waals surface area contributed by atoms with Crippen molar-refractivity contribution in [3.8, 4) is 0 Å². The molecule has 0 aliphatic carbocycles. The molecular weight excluding hydrogens is 312 g/mol. The molecule has 0 saturated carbocycles. The molecule has 3 N–H and O–H groups in total. The molecule has 2 atom stereocenters. The summed E-state index contributed by atoms with van der Waals surface area (Å²) in [5.41, 5.74) is 0.512. The molecule has 1 heterocycles. The first-order valence-electron chi connectivity index (χ1n) is 6.27. The molecule has 0 bridgehead atoms. The summed E-state index contributed by atoms with van der Waals surface area (Å²) >= 11 is 3.27. The minimum Gasteiger partial charge on any atom is -0.481 e. The van der Waals surface area contributed by atoms with Gasteiger partial charge in [0.05, 0.1) is 5.92 Å². The summed E-state index contributed by atoms with van der Waals surface area (Å²) < 4.78 is 0.834. The Kier molecular flexibility index (Phi) is 6.08. The lowest BCUT2D eigenvalue weighted by molar-refractivity contribution is -0.141. The van der Waals surface area contributed by atoms with E-state index < -0.39 is 5.97 Å². The van der Waals surface area contributed by atoms with Gasteiger partial charge >= 0.3 is 5.97 Å². The Balaban J connectivity index is 2.29. The van der Waals surface area contributed by atoms with Gasteiger partial charge in [-0.25, -0.2) is 0 Å². The van der Waals surface area contributed by atoms with Crippen molar-refractivity contribution in [3.63, 3.8) is 0 Å². The second-order valence-corrected chi connectivity index (χ2v) is 5.69. The standard InChI is InChI=1S/C13H19BrN2O3/c1-8(13(18)19)4-3-5-9(2)16-12(17)11-6-10(14)7-15-11/h6-9,15H,3-5H2,1-2H3,(H,16,17)(H,18,19). The van der Waals surface area contributed by atoms with Crippen LogP contribution in [0.2, 0.25) is 0 Å². The molecule has 0 aliphatic rings. The summed E-state index contributed by atoms with van der Waals surface area (Å²) in [7, 11) is 0. The molecule has 1 amide bonds. The van der Waals surface area contributed by atoms with Gasteiger partial charge in [0.2, 0.25) is 0 Å². The summed E-state index contributed by atoms with van der Waals surface area (Å²) in [5.74, 6) is -1.25. The third kappa shape index (κ3) is 5.46. The summed E-state index contributed by atoms with van der Waals surface area (Å²) in [6, 6.07) is 1.74. The highest BCUT2D eigenvalue weighted by atomic mass is 79.9. The van der Waals surface area contributed by atoms with Crippen molar-refractivity contribution in [1.29, 1.82) is 0 Å². The van der Waals surface area contributed by atoms with Gasteiger partial charge in [-0.05, 0) is 41.8 Å². The molecule has 2 unspecified atom stereocenters. The van der Waals surface area contributed by atoms with Crippen LogP contribution in [0.25, 0.3) is 0 Å². The fraction of sp³-hybridized carbons (Fsp3) is 0.538. The lowest BCUT2D eigenvalue weighted by Crippen LogP contribution is -2.32. The number of carbonyl (C=O) groups excluding carboxylic acids is 1. The monoisotopic (exact) mass is 330 g/mol. The third-order valence-corrected chi connectivity index (χ3v) is 3.42. The number of amides is 1. The number of carboxylic acids is 1. The van der Waals surface area contributed by atoms with Gasteiger partial charge in [0.15, 0.2) is 0 Å². The van der Waals surface area contributed by atoms with Crippen molar-refractivity contribution in [1.82, 2.24) is 10.3 Å². The van der Waals surface area contributed by atoms with E-state index in [0.717, 1.165) is 17.3 Å². The first-order chi connectivity index (χ1) is 8.90. The molecular formula is C13H19BrN2O3. The van der Waals surface area contributed by atoms with Gasteiger partial charge in [0, 0.05) is 16.7 Å². The molecule has 1 aromatic rings. The number of carbonyl (C=O) groups is 2. The first-order valence-corrected chi connectivity index (χ1v) is 7.07. The number of aliphatic carboxylic acids is 1. The molecule has 106 valence electrons. The molecule has 1 aromatic heterocycles. The molecule has 5 nitrogen and oxygen atoms in total. The molecule has 0 aromatic carbocycles. The van der Waals surface area contributed by atoms with E-state index in [2.05, 4.69) is 26.2 Å². The van der Waals surface area contributed by atoms with Crippen LogP contribution in [0.3, 0.4) is 0 Å². The lowest BCUT2D eigenvalue weighted by Gasteiger charge is -2.14. The van der Waals surface area contributed by atoms with Crippen molar-refractivity contribution in [3.05, 3.63) is 22.4 Å². The maximum atomic E-state index is 11.8. The average molecular weight is 331 g/mol. The van der Waals surface area contributed by atoms with Crippen molar-refractivity contribution in [2.75, 3.05) is 0 Å². The highest BCUT2D eigenvalue weighted by Gasteiger charge is 2.13. The Morgan fingerprint density at radius 1 is 1.42 bits per heavy atom. The predicted molar refractivity (Wildman–Crippen MR) is 76.1 cm³/mol. The van der Waals surface area contributed by atoms with Crippen molar-refractivity contribution in [2.45, 2.75) is 39.2 Å². The predicted octanol–water partition coefficient (Wildman–Crippen LogP) is 2.79. The maximum absolute atomic E-state index is 11.8. The Morgan fingerprint density at radius 3 is 2.63 bits per heavy atom. The van der Waals surface area contributed by atoms with Gasteiger partial charge in [0.25, 0.3) is 5.91 Å². The summed E-state index contributed by atoms with van der Waals surface area (Å²) in [4.78, 5) is 25.3. The quantitative estimate of drug-likeness (QED) is 0.718. The zero-order valence-corrected chi connectivity index (χ0v) is 12.7. The van der Waals surface area contributed by atoms with E-state index >= 15 is 0 Å². The van der Waals surface area contributed by atoms with Gasteiger partial charge in [-0.3, -0.25) is 9.59 Å². The minimum atomic E-state index is -0.770. The van der Waals surface area contributed by atoms with Crippen LogP contribution in [0.4, 0.5) is 0 Å². The molecule has 0 aliphatic heterocycles. The van der Waals surface area contributed by atoms with Gasteiger partial charge in [0.1, 0.15) is 5.69 Å². The number of H-pyrrole nitrogens is 1. The molecule has 0 spiro atoms. The van der Waals surface area contributed by atoms with E-state index in [1.54, 1.807) is 19.2 Å². The van der Waals surface area contributed by atoms with Crippen LogP contribution in [0.1, 0.15) is 43.6 Å². The summed E-state index contributed by atoms with van der Waals surface area (Å²) in [5, 5.41) is 11.6. The number of aromatic amines is 1. The highest BCUT2D eigenvalue weighted by molar-refractivity contribution is 9.10. The topological polar surface area (TPSA) is 82.2 Å². The van der Waals surface area contributed by atoms with Crippen LogP contribution in [0.15, 0.2) is 16.7 Å². The second-order valence-electron chi connectivity index (χ2n) is 4.78. The van der Waals surface area contributed by atoms with E-state index in [1.807, 2.05) is 6.92 Å². The van der Waals surface area contributed by atoms with Crippen LogP contribution in [0.5, 0.6) is 0 Å². The van der Waals surface area contributed by atoms with Crippen LogP contribution >= 0.6 is 15.9 Å². The highest BCUT2D eigenvalue weighted by Crippen LogP contribution is 2.12. The van der Waals surface area contributed by atoms with Crippen molar-refractivity contribution >= 4 is 27.8 Å².